The maximum atomic E-state index is 14.3. The van der Waals surface area contributed by atoms with Crippen LogP contribution in [-0.4, -0.2) is 63.7 Å². The van der Waals surface area contributed by atoms with Crippen LogP contribution in [0.15, 0.2) is 87.3 Å². The van der Waals surface area contributed by atoms with Crippen LogP contribution in [0.2, 0.25) is 0 Å². The van der Waals surface area contributed by atoms with E-state index in [-0.39, 0.29) is 16.7 Å². The summed E-state index contributed by atoms with van der Waals surface area (Å²) in [5.74, 6) is -8.15. The Morgan fingerprint density at radius 2 is 0.604 bits per heavy atom. The molecule has 0 aromatic carbocycles. The van der Waals surface area contributed by atoms with Gasteiger partial charge in [0.1, 0.15) is 0 Å². The molecule has 15 nitrogen and oxygen atoms in total. The third-order valence-corrected chi connectivity index (χ3v) is 7.16. The van der Waals surface area contributed by atoms with Crippen LogP contribution in [0.1, 0.15) is 60.8 Å². The van der Waals surface area contributed by atoms with Crippen molar-refractivity contribution in [2.45, 2.75) is 78.0 Å². The Morgan fingerprint density at radius 1 is 0.438 bits per heavy atom. The van der Waals surface area contributed by atoms with Gasteiger partial charge in [-0.2, -0.15) is 0 Å². The van der Waals surface area contributed by atoms with Crippen LogP contribution in [0, 0.1) is 0 Å². The number of hydrogen-bond donors (Lipinski definition) is 3. The molecule has 1 aromatic heterocycles. The van der Waals surface area contributed by atoms with E-state index in [0.717, 1.165) is 41.5 Å². The van der Waals surface area contributed by atoms with E-state index < -0.39 is 119 Å². The Balaban J connectivity index is 5.07. The monoisotopic (exact) mass is 669 g/mol. The predicted octanol–water partition coefficient (Wildman–Crippen LogP) is 0.149. The zero-order chi connectivity index (χ0) is 38.0. The fourth-order valence-electron chi connectivity index (χ4n) is 4.43. The van der Waals surface area contributed by atoms with Gasteiger partial charge in [0.2, 0.25) is 34.5 Å². The smallest absolute Gasteiger partial charge is 0.341 e. The second kappa shape index (κ2) is 14.3. The predicted molar refractivity (Wildman–Crippen MR) is 173 cm³/mol. The van der Waals surface area contributed by atoms with Gasteiger partial charge in [0.25, 0.3) is 0 Å². The van der Waals surface area contributed by atoms with Crippen LogP contribution in [0.5, 0.6) is 0 Å². The Hall–Kier alpha value is -5.25. The molecule has 3 unspecified atom stereocenters. The fraction of sp³-hybridized carbons (Fsp3) is 0.364. The molecule has 1 heterocycles. The molecule has 0 aliphatic heterocycles. The van der Waals surface area contributed by atoms with E-state index in [1.165, 1.54) is 0 Å². The Kier molecular flexibility index (Phi) is 12.1. The molecule has 0 aliphatic carbocycles. The van der Waals surface area contributed by atoms with E-state index in [1.54, 1.807) is 0 Å². The van der Waals surface area contributed by atoms with E-state index >= 15 is 0 Å². The molecule has 3 N–H and O–H groups in total. The lowest BCUT2D eigenvalue weighted by Crippen LogP contribution is -2.71. The summed E-state index contributed by atoms with van der Waals surface area (Å²) < 4.78 is -1.43. The van der Waals surface area contributed by atoms with Crippen molar-refractivity contribution in [3.8, 4) is 0 Å². The third kappa shape index (κ3) is 7.33. The topological polar surface area (TPSA) is 229 Å². The second-order valence-corrected chi connectivity index (χ2v) is 11.8. The lowest BCUT2D eigenvalue weighted by atomic mass is 9.93. The highest BCUT2D eigenvalue weighted by molar-refractivity contribution is 6.06. The summed E-state index contributed by atoms with van der Waals surface area (Å²) in [5.41, 5.74) is -20.1. The fourth-order valence-corrected chi connectivity index (χ4v) is 4.43. The van der Waals surface area contributed by atoms with Crippen molar-refractivity contribution in [3.05, 3.63) is 104 Å². The maximum absolute atomic E-state index is 14.3. The highest BCUT2D eigenvalue weighted by atomic mass is 16.4. The largest absolute Gasteiger partial charge is 0.363 e. The van der Waals surface area contributed by atoms with Gasteiger partial charge in [-0.05, 0) is 75.0 Å². The number of carbonyl (C=O) groups is 6. The summed E-state index contributed by atoms with van der Waals surface area (Å²) >= 11 is 0. The van der Waals surface area contributed by atoms with E-state index in [0.29, 0.717) is 0 Å². The highest BCUT2D eigenvalue weighted by Crippen LogP contribution is 2.27. The van der Waals surface area contributed by atoms with Crippen LogP contribution >= 0.6 is 0 Å². The molecule has 0 aliphatic rings. The molecule has 1 aromatic rings. The van der Waals surface area contributed by atoms with Gasteiger partial charge in [0.15, 0.2) is 17.3 Å². The Morgan fingerprint density at radius 3 is 0.729 bits per heavy atom. The summed E-state index contributed by atoms with van der Waals surface area (Å²) in [4.78, 5) is 122. The summed E-state index contributed by atoms with van der Waals surface area (Å²) in [7, 11) is 0. The molecule has 48 heavy (non-hydrogen) atoms. The molecular formula is C33H39N3O12. The number of Topliss-reactive ketones (excluding diaryl/α,β-unsaturated/α-hetero) is 6. The van der Waals surface area contributed by atoms with Crippen molar-refractivity contribution in [1.29, 1.82) is 0 Å². The summed E-state index contributed by atoms with van der Waals surface area (Å²) in [6.45, 7) is 26.8. The minimum absolute atomic E-state index is 0.299. The first-order valence-corrected chi connectivity index (χ1v) is 14.0. The molecule has 0 bridgehead atoms. The molecule has 0 amide bonds. The zero-order valence-corrected chi connectivity index (χ0v) is 27.7. The lowest BCUT2D eigenvalue weighted by molar-refractivity contribution is -0.160. The van der Waals surface area contributed by atoms with Crippen molar-refractivity contribution in [2.75, 3.05) is 0 Å². The standard InChI is InChI=1S/C33H39N3O12/c1-16(2)22(37)13-31(46,25(40)19(7)8)34-28(43)35(32(47,26(41)20(9)10)14-23(38)17(3)4)30(45)36(29(34)44)33(48,27(42)21(11)12)15-24(39)18(5)6/h46-48H,1,3,5,7,9,11,13-15H2,2,4,6,8,10,12H3. The van der Waals surface area contributed by atoms with Gasteiger partial charge < -0.3 is 15.3 Å². The van der Waals surface area contributed by atoms with Gasteiger partial charge in [0.05, 0.1) is 19.3 Å². The number of aromatic nitrogens is 3. The van der Waals surface area contributed by atoms with Gasteiger partial charge >= 0.3 is 17.1 Å². The molecule has 0 saturated heterocycles. The van der Waals surface area contributed by atoms with E-state index in [2.05, 4.69) is 39.5 Å². The van der Waals surface area contributed by atoms with Gasteiger partial charge in [-0.25, -0.2) is 28.1 Å². The summed E-state index contributed by atoms with van der Waals surface area (Å²) in [6.07, 6.45) is -4.34. The number of hydrogen-bond acceptors (Lipinski definition) is 12. The maximum Gasteiger partial charge on any atom is 0.341 e. The Bertz CT molecular complexity index is 1690. The van der Waals surface area contributed by atoms with Crippen molar-refractivity contribution in [1.82, 2.24) is 13.7 Å². The molecule has 15 heteroatoms. The number of aliphatic hydroxyl groups is 3. The van der Waals surface area contributed by atoms with Crippen molar-refractivity contribution in [3.63, 3.8) is 0 Å². The number of carbonyl (C=O) groups excluding carboxylic acids is 6. The van der Waals surface area contributed by atoms with Crippen LogP contribution in [-0.2, 0) is 45.9 Å². The molecule has 0 fully saturated rings. The number of rotatable bonds is 18. The molecule has 1 rings (SSSR count). The van der Waals surface area contributed by atoms with E-state index in [4.69, 9.17) is 0 Å². The van der Waals surface area contributed by atoms with E-state index in [9.17, 15) is 58.5 Å². The third-order valence-electron chi connectivity index (χ3n) is 7.16. The Labute approximate surface area is 274 Å². The lowest BCUT2D eigenvalue weighted by Gasteiger charge is -2.35. The quantitative estimate of drug-likeness (QED) is 0.177. The van der Waals surface area contributed by atoms with Crippen molar-refractivity contribution >= 4 is 34.7 Å². The van der Waals surface area contributed by atoms with Gasteiger partial charge in [-0.15, -0.1) is 0 Å². The molecule has 3 atom stereocenters. The van der Waals surface area contributed by atoms with Crippen LogP contribution in [0.4, 0.5) is 0 Å². The average molecular weight is 670 g/mol. The average Bonchev–Trinajstić information content (AvgIpc) is 2.94. The first-order valence-electron chi connectivity index (χ1n) is 14.0. The number of nitrogens with zero attached hydrogens (tertiary/aromatic N) is 3. The van der Waals surface area contributed by atoms with Crippen LogP contribution in [0.25, 0.3) is 0 Å². The van der Waals surface area contributed by atoms with Crippen molar-refractivity contribution in [2.24, 2.45) is 0 Å². The summed E-state index contributed by atoms with van der Waals surface area (Å²) in [6, 6.07) is 0. The minimum Gasteiger partial charge on any atom is -0.363 e. The first-order chi connectivity index (χ1) is 21.6. The van der Waals surface area contributed by atoms with Crippen LogP contribution in [0.3, 0.4) is 0 Å². The molecular weight excluding hydrogens is 630 g/mol. The normalized spacial score (nSPS) is 14.7. The molecule has 258 valence electrons. The number of ketones is 6. The van der Waals surface area contributed by atoms with E-state index in [1.807, 2.05) is 0 Å². The van der Waals surface area contributed by atoms with Gasteiger partial charge in [-0.1, -0.05) is 39.5 Å². The SMILES string of the molecule is C=C(C)C(=O)CC(O)(C(=O)C(=C)C)n1c(=O)n(C(O)(CC(=O)C(=C)C)C(=O)C(=C)C)c(=O)n(C(O)(CC(=O)C(=C)C)C(=O)C(=C)C)c1=O. The molecule has 0 radical (unpaired) electrons. The molecule has 0 spiro atoms. The highest BCUT2D eigenvalue weighted by Gasteiger charge is 2.52. The van der Waals surface area contributed by atoms with Crippen LogP contribution < -0.4 is 17.1 Å². The number of allylic oxidation sites excluding steroid dienone is 3. The first kappa shape index (κ1) is 40.8. The van der Waals surface area contributed by atoms with Gasteiger partial charge in [-0.3, -0.25) is 28.8 Å². The minimum atomic E-state index is -3.65. The van der Waals surface area contributed by atoms with Gasteiger partial charge in [0, 0.05) is 0 Å². The molecule has 0 saturated carbocycles. The van der Waals surface area contributed by atoms with Crippen molar-refractivity contribution < 1.29 is 44.1 Å². The second-order valence-electron chi connectivity index (χ2n) is 11.8. The zero-order valence-electron chi connectivity index (χ0n) is 27.7. The summed E-state index contributed by atoms with van der Waals surface area (Å²) in [5, 5.41) is 35.5.